The van der Waals surface area contributed by atoms with Crippen molar-refractivity contribution in [2.75, 3.05) is 46.5 Å². The predicted molar refractivity (Wildman–Crippen MR) is 105 cm³/mol. The van der Waals surface area contributed by atoms with Gasteiger partial charge in [0.25, 0.3) is 5.91 Å². The van der Waals surface area contributed by atoms with Crippen molar-refractivity contribution in [3.05, 3.63) is 29.8 Å². The summed E-state index contributed by atoms with van der Waals surface area (Å²) < 4.78 is 10.4. The van der Waals surface area contributed by atoms with Crippen LogP contribution in [0.2, 0.25) is 0 Å². The van der Waals surface area contributed by atoms with Crippen molar-refractivity contribution in [3.8, 4) is 5.75 Å². The molecule has 2 heterocycles. The number of methoxy groups -OCH3 is 1. The number of nitrogens with zero attached hydrogens (tertiary/aromatic N) is 2. The maximum absolute atomic E-state index is 12.5. The lowest BCUT2D eigenvalue weighted by molar-refractivity contribution is -0.131. The summed E-state index contributed by atoms with van der Waals surface area (Å²) in [4.78, 5) is 40.3. The molecule has 158 valence electrons. The number of nitrogens with one attached hydrogen (secondary N) is 2. The van der Waals surface area contributed by atoms with E-state index in [2.05, 4.69) is 15.5 Å². The molecule has 0 saturated carbocycles. The molecule has 2 saturated heterocycles. The average Bonchev–Trinajstić information content (AvgIpc) is 3.00. The Morgan fingerprint density at radius 1 is 1.24 bits per heavy atom. The molecule has 9 heteroatoms. The highest BCUT2D eigenvalue weighted by Gasteiger charge is 2.38. The van der Waals surface area contributed by atoms with Crippen molar-refractivity contribution in [2.24, 2.45) is 0 Å². The van der Waals surface area contributed by atoms with Gasteiger partial charge in [-0.15, -0.1) is 0 Å². The van der Waals surface area contributed by atoms with Crippen LogP contribution >= 0.6 is 0 Å². The number of hydrogen-bond donors (Lipinski definition) is 2. The van der Waals surface area contributed by atoms with Gasteiger partial charge in [0, 0.05) is 19.6 Å². The number of carbonyl (C=O) groups is 3. The molecule has 0 radical (unpaired) electrons. The van der Waals surface area contributed by atoms with Gasteiger partial charge in [-0.3, -0.25) is 19.4 Å². The van der Waals surface area contributed by atoms with Gasteiger partial charge in [0.05, 0.1) is 33.3 Å². The molecule has 1 atom stereocenters. The van der Waals surface area contributed by atoms with Crippen LogP contribution in [0.15, 0.2) is 24.3 Å². The minimum atomic E-state index is -0.819. The Morgan fingerprint density at radius 3 is 2.66 bits per heavy atom. The van der Waals surface area contributed by atoms with Crippen molar-refractivity contribution >= 4 is 17.8 Å². The number of hydrogen-bond acceptors (Lipinski definition) is 6. The normalized spacial score (nSPS) is 19.9. The highest BCUT2D eigenvalue weighted by Crippen LogP contribution is 2.17. The first kappa shape index (κ1) is 21.1. The van der Waals surface area contributed by atoms with Crippen LogP contribution in [0.4, 0.5) is 4.79 Å². The molecule has 2 N–H and O–H groups in total. The number of imide groups is 1. The van der Waals surface area contributed by atoms with E-state index in [9.17, 15) is 14.4 Å². The monoisotopic (exact) mass is 404 g/mol. The molecule has 0 spiro atoms. The second-order valence-corrected chi connectivity index (χ2v) is 7.14. The second-order valence-electron chi connectivity index (χ2n) is 7.14. The Kier molecular flexibility index (Phi) is 7.42. The van der Waals surface area contributed by atoms with Gasteiger partial charge in [-0.1, -0.05) is 12.1 Å². The van der Waals surface area contributed by atoms with Gasteiger partial charge in [0.15, 0.2) is 0 Å². The summed E-state index contributed by atoms with van der Waals surface area (Å²) in [5.74, 6) is 0.0836. The molecule has 1 aromatic rings. The number of carbonyl (C=O) groups excluding carboxylic acids is 3. The van der Waals surface area contributed by atoms with Gasteiger partial charge >= 0.3 is 6.03 Å². The minimum absolute atomic E-state index is 0.0543. The van der Waals surface area contributed by atoms with Crippen LogP contribution in [0.5, 0.6) is 5.75 Å². The number of amides is 4. The summed E-state index contributed by atoms with van der Waals surface area (Å²) in [6.45, 7) is 4.94. The summed E-state index contributed by atoms with van der Waals surface area (Å²) in [6.07, 6.45) is 0.779. The van der Waals surface area contributed by atoms with Crippen LogP contribution in [0, 0.1) is 0 Å². The van der Waals surface area contributed by atoms with Gasteiger partial charge in [0.1, 0.15) is 11.8 Å². The van der Waals surface area contributed by atoms with E-state index in [0.717, 1.165) is 49.7 Å². The molecule has 0 aromatic heterocycles. The number of urea groups is 1. The standard InChI is InChI=1S/C20H28N4O5/c1-28-16-5-3-15(4-6-16)14-24-19(26)17(22-20(24)27)13-18(25)21-7-2-8-23-9-11-29-12-10-23/h3-6,17H,2,7-14H2,1H3,(H,21,25)(H,22,27)/t17-/m1/s1. The van der Waals surface area contributed by atoms with Crippen LogP contribution in [0.25, 0.3) is 0 Å². The summed E-state index contributed by atoms with van der Waals surface area (Å²) in [5, 5.41) is 5.43. The molecule has 0 unspecified atom stereocenters. The molecule has 3 rings (SSSR count). The molecule has 1 aromatic carbocycles. The first-order valence-corrected chi connectivity index (χ1v) is 9.88. The summed E-state index contributed by atoms with van der Waals surface area (Å²) in [6, 6.07) is 5.85. The van der Waals surface area contributed by atoms with Crippen LogP contribution in [-0.2, 0) is 20.9 Å². The van der Waals surface area contributed by atoms with Crippen molar-refractivity contribution in [1.82, 2.24) is 20.4 Å². The molecule has 2 aliphatic heterocycles. The zero-order chi connectivity index (χ0) is 20.6. The van der Waals surface area contributed by atoms with Gasteiger partial charge < -0.3 is 20.1 Å². The summed E-state index contributed by atoms with van der Waals surface area (Å²) in [5.41, 5.74) is 0.808. The maximum Gasteiger partial charge on any atom is 0.325 e. The predicted octanol–water partition coefficient (Wildman–Crippen LogP) is 0.344. The van der Waals surface area contributed by atoms with Crippen molar-refractivity contribution < 1.29 is 23.9 Å². The van der Waals surface area contributed by atoms with E-state index in [1.165, 1.54) is 0 Å². The third kappa shape index (κ3) is 5.91. The third-order valence-corrected chi connectivity index (χ3v) is 5.07. The van der Waals surface area contributed by atoms with E-state index >= 15 is 0 Å². The van der Waals surface area contributed by atoms with Gasteiger partial charge in [-0.2, -0.15) is 0 Å². The Hall–Kier alpha value is -2.65. The van der Waals surface area contributed by atoms with Crippen LogP contribution in [0.3, 0.4) is 0 Å². The van der Waals surface area contributed by atoms with Gasteiger partial charge in [-0.25, -0.2) is 4.79 Å². The van der Waals surface area contributed by atoms with Gasteiger partial charge in [-0.05, 0) is 30.7 Å². The molecular weight excluding hydrogens is 376 g/mol. The first-order chi connectivity index (χ1) is 14.1. The molecule has 9 nitrogen and oxygen atoms in total. The highest BCUT2D eigenvalue weighted by atomic mass is 16.5. The SMILES string of the molecule is COc1ccc(CN2C(=O)N[C@H](CC(=O)NCCCN3CCOCC3)C2=O)cc1. The fourth-order valence-corrected chi connectivity index (χ4v) is 3.39. The van der Waals surface area contributed by atoms with E-state index < -0.39 is 12.1 Å². The zero-order valence-electron chi connectivity index (χ0n) is 16.7. The maximum atomic E-state index is 12.5. The molecule has 0 aliphatic carbocycles. The van der Waals surface area contributed by atoms with Gasteiger partial charge in [0.2, 0.25) is 5.91 Å². The minimum Gasteiger partial charge on any atom is -0.497 e. The van der Waals surface area contributed by atoms with Crippen LogP contribution < -0.4 is 15.4 Å². The fourth-order valence-electron chi connectivity index (χ4n) is 3.39. The summed E-state index contributed by atoms with van der Waals surface area (Å²) in [7, 11) is 1.57. The Balaban J connectivity index is 1.40. The largest absolute Gasteiger partial charge is 0.497 e. The van der Waals surface area contributed by atoms with Crippen molar-refractivity contribution in [3.63, 3.8) is 0 Å². The topological polar surface area (TPSA) is 100 Å². The van der Waals surface area contributed by atoms with Crippen LogP contribution in [-0.4, -0.2) is 80.2 Å². The molecule has 29 heavy (non-hydrogen) atoms. The van der Waals surface area contributed by atoms with Crippen LogP contribution in [0.1, 0.15) is 18.4 Å². The lowest BCUT2D eigenvalue weighted by Crippen LogP contribution is -2.39. The molecule has 2 aliphatic rings. The molecule has 4 amide bonds. The van der Waals surface area contributed by atoms with Crippen molar-refractivity contribution in [1.29, 1.82) is 0 Å². The Bertz CT molecular complexity index is 718. The lowest BCUT2D eigenvalue weighted by atomic mass is 10.1. The Labute approximate surface area is 170 Å². The number of ether oxygens (including phenoxy) is 2. The number of rotatable bonds is 9. The third-order valence-electron chi connectivity index (χ3n) is 5.07. The number of morpholine rings is 1. The van der Waals surface area contributed by atoms with E-state index in [1.807, 2.05) is 0 Å². The smallest absolute Gasteiger partial charge is 0.325 e. The fraction of sp³-hybridized carbons (Fsp3) is 0.550. The highest BCUT2D eigenvalue weighted by molar-refractivity contribution is 6.05. The average molecular weight is 404 g/mol. The van der Waals surface area contributed by atoms with E-state index in [4.69, 9.17) is 9.47 Å². The Morgan fingerprint density at radius 2 is 1.97 bits per heavy atom. The molecule has 0 bridgehead atoms. The second kappa shape index (κ2) is 10.2. The van der Waals surface area contributed by atoms with E-state index in [-0.39, 0.29) is 24.8 Å². The summed E-state index contributed by atoms with van der Waals surface area (Å²) >= 11 is 0. The van der Waals surface area contributed by atoms with E-state index in [1.54, 1.807) is 31.4 Å². The lowest BCUT2D eigenvalue weighted by Gasteiger charge is -2.26. The molecular formula is C20H28N4O5. The van der Waals surface area contributed by atoms with E-state index in [0.29, 0.717) is 12.3 Å². The molecule has 2 fully saturated rings. The zero-order valence-corrected chi connectivity index (χ0v) is 16.7. The van der Waals surface area contributed by atoms with Crippen molar-refractivity contribution in [2.45, 2.75) is 25.4 Å². The first-order valence-electron chi connectivity index (χ1n) is 9.88. The quantitative estimate of drug-likeness (QED) is 0.455. The number of benzene rings is 1.